The van der Waals surface area contributed by atoms with Gasteiger partial charge in [-0.1, -0.05) is 6.07 Å². The second kappa shape index (κ2) is 7.75. The van der Waals surface area contributed by atoms with E-state index < -0.39 is 5.60 Å². The lowest BCUT2D eigenvalue weighted by Gasteiger charge is -2.24. The van der Waals surface area contributed by atoms with Crippen LogP contribution in [0.15, 0.2) is 22.7 Å². The van der Waals surface area contributed by atoms with Gasteiger partial charge in [0.05, 0.1) is 4.47 Å². The Labute approximate surface area is 133 Å². The van der Waals surface area contributed by atoms with Crippen molar-refractivity contribution < 1.29 is 13.9 Å². The van der Waals surface area contributed by atoms with Crippen molar-refractivity contribution in [2.24, 2.45) is 0 Å². The molecule has 21 heavy (non-hydrogen) atoms. The van der Waals surface area contributed by atoms with Gasteiger partial charge in [0, 0.05) is 26.7 Å². The summed E-state index contributed by atoms with van der Waals surface area (Å²) >= 11 is 3.12. The highest BCUT2D eigenvalue weighted by molar-refractivity contribution is 9.10. The number of hydrogen-bond acceptors (Lipinski definition) is 3. The molecule has 0 saturated carbocycles. The lowest BCUT2D eigenvalue weighted by atomic mass is 10.2. The number of benzene rings is 1. The van der Waals surface area contributed by atoms with Gasteiger partial charge in [-0.2, -0.15) is 0 Å². The Kier molecular flexibility index (Phi) is 6.61. The number of likely N-dealkylation sites (N-methyl/N-ethyl adjacent to an activating group) is 1. The van der Waals surface area contributed by atoms with Crippen LogP contribution in [0.2, 0.25) is 0 Å². The van der Waals surface area contributed by atoms with Gasteiger partial charge in [-0.05, 0) is 54.4 Å². The van der Waals surface area contributed by atoms with E-state index in [-0.39, 0.29) is 11.9 Å². The first-order valence-electron chi connectivity index (χ1n) is 6.78. The van der Waals surface area contributed by atoms with Crippen molar-refractivity contribution in [1.82, 2.24) is 10.2 Å². The first kappa shape index (κ1) is 17.9. The third-order valence-electron chi connectivity index (χ3n) is 2.64. The van der Waals surface area contributed by atoms with Crippen LogP contribution >= 0.6 is 15.9 Å². The summed E-state index contributed by atoms with van der Waals surface area (Å²) in [6, 6.07) is 5.01. The van der Waals surface area contributed by atoms with Crippen LogP contribution in [0.1, 0.15) is 26.3 Å². The normalized spacial score (nSPS) is 11.3. The number of nitrogens with zero attached hydrogens (tertiary/aromatic N) is 1. The van der Waals surface area contributed by atoms with Crippen molar-refractivity contribution in [2.45, 2.75) is 32.9 Å². The Hall–Kier alpha value is -1.14. The van der Waals surface area contributed by atoms with Gasteiger partial charge in [0.15, 0.2) is 0 Å². The third-order valence-corrected chi connectivity index (χ3v) is 3.29. The number of carbonyl (C=O) groups is 1. The van der Waals surface area contributed by atoms with Crippen molar-refractivity contribution >= 4 is 22.0 Å². The highest BCUT2D eigenvalue weighted by Crippen LogP contribution is 2.16. The second-order valence-corrected chi connectivity index (χ2v) is 6.68. The van der Waals surface area contributed by atoms with Gasteiger partial charge < -0.3 is 15.0 Å². The van der Waals surface area contributed by atoms with E-state index in [2.05, 4.69) is 21.2 Å². The van der Waals surface area contributed by atoms with E-state index in [0.29, 0.717) is 24.1 Å². The number of rotatable bonds is 5. The Morgan fingerprint density at radius 1 is 1.43 bits per heavy atom. The minimum atomic E-state index is -0.492. The number of ether oxygens (including phenoxy) is 1. The zero-order valence-electron chi connectivity index (χ0n) is 12.9. The summed E-state index contributed by atoms with van der Waals surface area (Å²) in [5, 5.41) is 3.17. The third kappa shape index (κ3) is 6.91. The molecule has 6 heteroatoms. The Morgan fingerprint density at radius 3 is 2.67 bits per heavy atom. The Balaban J connectivity index is 2.30. The molecule has 0 saturated heterocycles. The fourth-order valence-electron chi connectivity index (χ4n) is 1.56. The molecule has 0 spiro atoms. The molecule has 118 valence electrons. The molecular weight excluding hydrogens is 339 g/mol. The molecule has 0 fully saturated rings. The van der Waals surface area contributed by atoms with Gasteiger partial charge in [-0.15, -0.1) is 0 Å². The van der Waals surface area contributed by atoms with Crippen molar-refractivity contribution in [3.63, 3.8) is 0 Å². The van der Waals surface area contributed by atoms with Gasteiger partial charge in [-0.25, -0.2) is 9.18 Å². The van der Waals surface area contributed by atoms with Crippen LogP contribution in [0.4, 0.5) is 9.18 Å². The van der Waals surface area contributed by atoms with E-state index in [1.54, 1.807) is 13.1 Å². The zero-order chi connectivity index (χ0) is 16.0. The van der Waals surface area contributed by atoms with Gasteiger partial charge in [0.25, 0.3) is 0 Å². The quantitative estimate of drug-likeness (QED) is 0.816. The monoisotopic (exact) mass is 360 g/mol. The highest BCUT2D eigenvalue weighted by Gasteiger charge is 2.18. The number of carbonyl (C=O) groups excluding carboxylic acids is 1. The molecule has 1 aromatic carbocycles. The van der Waals surface area contributed by atoms with Crippen LogP contribution in [0.5, 0.6) is 0 Å². The fourth-order valence-corrected chi connectivity index (χ4v) is 1.81. The highest BCUT2D eigenvalue weighted by atomic mass is 79.9. The van der Waals surface area contributed by atoms with Gasteiger partial charge in [0.1, 0.15) is 11.4 Å². The molecule has 0 aliphatic heterocycles. The summed E-state index contributed by atoms with van der Waals surface area (Å²) in [6.07, 6.45) is -0.348. The van der Waals surface area contributed by atoms with E-state index >= 15 is 0 Å². The Bertz CT molecular complexity index is 489. The average molecular weight is 361 g/mol. The number of nitrogens with one attached hydrogen (secondary N) is 1. The number of hydrogen-bond donors (Lipinski definition) is 1. The van der Waals surface area contributed by atoms with Crippen molar-refractivity contribution in [1.29, 1.82) is 0 Å². The van der Waals surface area contributed by atoms with Crippen LogP contribution < -0.4 is 5.32 Å². The standard InChI is InChI=1S/C15H22BrFN2O2/c1-15(2,3)21-14(20)19(4)8-7-18-10-11-5-6-12(16)13(17)9-11/h5-6,9,18H,7-8,10H2,1-4H3. The first-order chi connectivity index (χ1) is 9.69. The van der Waals surface area contributed by atoms with Crippen LogP contribution in [0, 0.1) is 5.82 Å². The summed E-state index contributed by atoms with van der Waals surface area (Å²) in [6.45, 7) is 7.17. The lowest BCUT2D eigenvalue weighted by Crippen LogP contribution is -2.37. The molecule has 0 unspecified atom stereocenters. The molecule has 4 nitrogen and oxygen atoms in total. The van der Waals surface area contributed by atoms with E-state index in [1.165, 1.54) is 11.0 Å². The van der Waals surface area contributed by atoms with Crippen LogP contribution in [-0.4, -0.2) is 36.7 Å². The lowest BCUT2D eigenvalue weighted by molar-refractivity contribution is 0.0300. The fraction of sp³-hybridized carbons (Fsp3) is 0.533. The largest absolute Gasteiger partial charge is 0.444 e. The van der Waals surface area contributed by atoms with E-state index in [9.17, 15) is 9.18 Å². The predicted molar refractivity (Wildman–Crippen MR) is 84.7 cm³/mol. The predicted octanol–water partition coefficient (Wildman–Crippen LogP) is 3.54. The molecule has 1 aromatic rings. The molecule has 1 N–H and O–H groups in total. The number of halogens is 2. The SMILES string of the molecule is CN(CCNCc1ccc(Br)c(F)c1)C(=O)OC(C)(C)C. The van der Waals surface area contributed by atoms with Crippen molar-refractivity contribution in [3.05, 3.63) is 34.1 Å². The van der Waals surface area contributed by atoms with E-state index in [1.807, 2.05) is 26.8 Å². The van der Waals surface area contributed by atoms with Crippen molar-refractivity contribution in [2.75, 3.05) is 20.1 Å². The summed E-state index contributed by atoms with van der Waals surface area (Å²) in [7, 11) is 1.69. The molecule has 0 heterocycles. The molecule has 0 bridgehead atoms. The maximum atomic E-state index is 13.3. The molecule has 0 radical (unpaired) electrons. The maximum Gasteiger partial charge on any atom is 0.410 e. The smallest absolute Gasteiger partial charge is 0.410 e. The minimum absolute atomic E-state index is 0.278. The van der Waals surface area contributed by atoms with E-state index in [4.69, 9.17) is 4.74 Å². The summed E-state index contributed by atoms with van der Waals surface area (Å²) < 4.78 is 19.0. The Morgan fingerprint density at radius 2 is 2.10 bits per heavy atom. The molecule has 0 aliphatic rings. The molecule has 0 aromatic heterocycles. The van der Waals surface area contributed by atoms with Gasteiger partial charge in [-0.3, -0.25) is 0 Å². The summed E-state index contributed by atoms with van der Waals surface area (Å²) in [5.74, 6) is -0.278. The molecule has 1 amide bonds. The minimum Gasteiger partial charge on any atom is -0.444 e. The second-order valence-electron chi connectivity index (χ2n) is 5.83. The molecule has 0 aliphatic carbocycles. The van der Waals surface area contributed by atoms with Crippen LogP contribution in [0.25, 0.3) is 0 Å². The van der Waals surface area contributed by atoms with Crippen molar-refractivity contribution in [3.8, 4) is 0 Å². The average Bonchev–Trinajstić information content (AvgIpc) is 2.36. The zero-order valence-corrected chi connectivity index (χ0v) is 14.5. The van der Waals surface area contributed by atoms with Gasteiger partial charge in [0.2, 0.25) is 0 Å². The van der Waals surface area contributed by atoms with Crippen LogP contribution in [-0.2, 0) is 11.3 Å². The molecule has 0 atom stereocenters. The summed E-state index contributed by atoms with van der Waals surface area (Å²) in [4.78, 5) is 13.2. The molecule has 1 rings (SSSR count). The summed E-state index contributed by atoms with van der Waals surface area (Å²) in [5.41, 5.74) is 0.365. The van der Waals surface area contributed by atoms with Crippen LogP contribution in [0.3, 0.4) is 0 Å². The number of amides is 1. The topological polar surface area (TPSA) is 41.6 Å². The maximum absolute atomic E-state index is 13.3. The van der Waals surface area contributed by atoms with E-state index in [0.717, 1.165) is 5.56 Å². The first-order valence-corrected chi connectivity index (χ1v) is 7.57. The molecular formula is C15H22BrFN2O2. The van der Waals surface area contributed by atoms with Gasteiger partial charge >= 0.3 is 6.09 Å².